The van der Waals surface area contributed by atoms with Crippen LogP contribution in [0, 0.1) is 5.92 Å². The largest absolute Gasteiger partial charge is 0.485 e. The van der Waals surface area contributed by atoms with Crippen LogP contribution in [-0.4, -0.2) is 43.2 Å². The number of benzene rings is 1. The number of nitrogens with zero attached hydrogens (tertiary/aromatic N) is 1. The molecule has 1 atom stereocenters. The van der Waals surface area contributed by atoms with Gasteiger partial charge in [0.15, 0.2) is 11.5 Å². The lowest BCUT2D eigenvalue weighted by Gasteiger charge is -2.40. The average molecular weight is 248 g/mol. The van der Waals surface area contributed by atoms with Gasteiger partial charge >= 0.3 is 0 Å². The highest BCUT2D eigenvalue weighted by molar-refractivity contribution is 5.82. The lowest BCUT2D eigenvalue weighted by Crippen LogP contribution is -2.57. The van der Waals surface area contributed by atoms with Crippen LogP contribution in [-0.2, 0) is 4.79 Å². The number of fused-ring (bicyclic) bond motifs is 1. The third-order valence-electron chi connectivity index (χ3n) is 3.39. The number of carbonyl (C=O) groups excluding carboxylic acids is 1. The first-order valence-corrected chi connectivity index (χ1v) is 6.15. The Morgan fingerprint density at radius 2 is 2.06 bits per heavy atom. The first-order chi connectivity index (χ1) is 8.78. The molecule has 1 unspecified atom stereocenters. The summed E-state index contributed by atoms with van der Waals surface area (Å²) in [4.78, 5) is 13.9. The quantitative estimate of drug-likeness (QED) is 0.814. The van der Waals surface area contributed by atoms with Gasteiger partial charge in [0, 0.05) is 19.0 Å². The smallest absolute Gasteiger partial charge is 0.267 e. The number of ether oxygens (including phenoxy) is 2. The van der Waals surface area contributed by atoms with Crippen LogP contribution >= 0.6 is 0 Å². The zero-order chi connectivity index (χ0) is 12.5. The van der Waals surface area contributed by atoms with Crippen molar-refractivity contribution in [3.05, 3.63) is 24.3 Å². The van der Waals surface area contributed by atoms with Crippen molar-refractivity contribution in [3.63, 3.8) is 0 Å². The SMILES string of the molecule is NCC1CN(C(=O)C2COc3ccccc3O2)C1. The molecule has 1 fully saturated rings. The predicted molar refractivity (Wildman–Crippen MR) is 65.5 cm³/mol. The van der Waals surface area contributed by atoms with Gasteiger partial charge < -0.3 is 20.1 Å². The minimum atomic E-state index is -0.529. The van der Waals surface area contributed by atoms with Gasteiger partial charge in [-0.05, 0) is 18.7 Å². The predicted octanol–water partition coefficient (Wildman–Crippen LogP) is 0.244. The minimum Gasteiger partial charge on any atom is -0.485 e. The monoisotopic (exact) mass is 248 g/mol. The Morgan fingerprint density at radius 1 is 1.33 bits per heavy atom. The molecule has 2 aliphatic heterocycles. The van der Waals surface area contributed by atoms with Gasteiger partial charge in [-0.15, -0.1) is 0 Å². The molecule has 2 heterocycles. The molecule has 3 rings (SSSR count). The Labute approximate surface area is 105 Å². The number of nitrogens with two attached hydrogens (primary N) is 1. The molecule has 1 aromatic carbocycles. The van der Waals surface area contributed by atoms with Crippen molar-refractivity contribution < 1.29 is 14.3 Å². The molecule has 1 saturated heterocycles. The van der Waals surface area contributed by atoms with Gasteiger partial charge in [-0.3, -0.25) is 4.79 Å². The van der Waals surface area contributed by atoms with Gasteiger partial charge in [-0.1, -0.05) is 12.1 Å². The number of likely N-dealkylation sites (tertiary alicyclic amines) is 1. The fourth-order valence-electron chi connectivity index (χ4n) is 2.24. The second-order valence-electron chi connectivity index (χ2n) is 4.71. The minimum absolute atomic E-state index is 0.00537. The van der Waals surface area contributed by atoms with Crippen molar-refractivity contribution in [3.8, 4) is 11.5 Å². The van der Waals surface area contributed by atoms with Crippen molar-refractivity contribution in [1.29, 1.82) is 0 Å². The number of rotatable bonds is 2. The third kappa shape index (κ3) is 1.90. The zero-order valence-corrected chi connectivity index (χ0v) is 10.0. The maximum Gasteiger partial charge on any atom is 0.267 e. The van der Waals surface area contributed by atoms with Gasteiger partial charge in [0.1, 0.15) is 6.61 Å². The van der Waals surface area contributed by atoms with Gasteiger partial charge in [0.05, 0.1) is 0 Å². The van der Waals surface area contributed by atoms with E-state index in [-0.39, 0.29) is 12.5 Å². The number of para-hydroxylation sites is 2. The highest BCUT2D eigenvalue weighted by Gasteiger charge is 2.36. The molecule has 5 nitrogen and oxygen atoms in total. The summed E-state index contributed by atoms with van der Waals surface area (Å²) in [5.74, 6) is 1.77. The van der Waals surface area contributed by atoms with Crippen molar-refractivity contribution in [2.24, 2.45) is 11.7 Å². The highest BCUT2D eigenvalue weighted by atomic mass is 16.6. The third-order valence-corrected chi connectivity index (χ3v) is 3.39. The standard InChI is InChI=1S/C13H16N2O3/c14-5-9-6-15(7-9)13(16)12-8-17-10-3-1-2-4-11(10)18-12/h1-4,9,12H,5-8,14H2. The van der Waals surface area contributed by atoms with Crippen molar-refractivity contribution in [2.75, 3.05) is 26.2 Å². The van der Waals surface area contributed by atoms with Crippen molar-refractivity contribution in [2.45, 2.75) is 6.10 Å². The van der Waals surface area contributed by atoms with Gasteiger partial charge in [-0.2, -0.15) is 0 Å². The highest BCUT2D eigenvalue weighted by Crippen LogP contribution is 2.31. The summed E-state index contributed by atoms with van der Waals surface area (Å²) in [5.41, 5.74) is 5.54. The average Bonchev–Trinajstić information content (AvgIpc) is 2.37. The molecule has 18 heavy (non-hydrogen) atoms. The van der Waals surface area contributed by atoms with Crippen LogP contribution in [0.1, 0.15) is 0 Å². The van der Waals surface area contributed by atoms with E-state index in [0.29, 0.717) is 24.0 Å². The molecule has 0 radical (unpaired) electrons. The molecule has 0 spiro atoms. The molecule has 0 aromatic heterocycles. The Kier molecular flexibility index (Phi) is 2.83. The van der Waals surface area contributed by atoms with Crippen LogP contribution < -0.4 is 15.2 Å². The molecule has 0 aliphatic carbocycles. The van der Waals surface area contributed by atoms with E-state index in [2.05, 4.69) is 0 Å². The van der Waals surface area contributed by atoms with Crippen LogP contribution in [0.3, 0.4) is 0 Å². The van der Waals surface area contributed by atoms with Gasteiger partial charge in [0.25, 0.3) is 5.91 Å². The molecule has 1 amide bonds. The fourth-order valence-corrected chi connectivity index (χ4v) is 2.24. The molecule has 0 bridgehead atoms. The first kappa shape index (κ1) is 11.3. The summed E-state index contributed by atoms with van der Waals surface area (Å²) in [6, 6.07) is 7.40. The number of hydrogen-bond donors (Lipinski definition) is 1. The van der Waals surface area contributed by atoms with Crippen LogP contribution in [0.2, 0.25) is 0 Å². The van der Waals surface area contributed by atoms with E-state index in [1.807, 2.05) is 24.3 Å². The summed E-state index contributed by atoms with van der Waals surface area (Å²) in [6.45, 7) is 2.38. The Hall–Kier alpha value is -1.75. The Morgan fingerprint density at radius 3 is 2.78 bits per heavy atom. The molecule has 96 valence electrons. The number of carbonyl (C=O) groups is 1. The molecule has 2 aliphatic rings. The maximum atomic E-state index is 12.1. The lowest BCUT2D eigenvalue weighted by atomic mass is 10.00. The summed E-state index contributed by atoms with van der Waals surface area (Å²) >= 11 is 0. The van der Waals surface area contributed by atoms with Gasteiger partial charge in [0.2, 0.25) is 6.10 Å². The maximum absolute atomic E-state index is 12.1. The second-order valence-corrected chi connectivity index (χ2v) is 4.71. The topological polar surface area (TPSA) is 64.8 Å². The molecular formula is C13H16N2O3. The van der Waals surface area contributed by atoms with E-state index < -0.39 is 6.10 Å². The molecular weight excluding hydrogens is 232 g/mol. The van der Waals surface area contributed by atoms with Crippen molar-refractivity contribution >= 4 is 5.91 Å². The van der Waals surface area contributed by atoms with Crippen LogP contribution in [0.15, 0.2) is 24.3 Å². The fraction of sp³-hybridized carbons (Fsp3) is 0.462. The number of amides is 1. The van der Waals surface area contributed by atoms with Crippen LogP contribution in [0.5, 0.6) is 11.5 Å². The van der Waals surface area contributed by atoms with E-state index in [1.165, 1.54) is 0 Å². The van der Waals surface area contributed by atoms with Crippen molar-refractivity contribution in [1.82, 2.24) is 4.90 Å². The van der Waals surface area contributed by atoms with E-state index in [0.717, 1.165) is 13.1 Å². The van der Waals surface area contributed by atoms with E-state index >= 15 is 0 Å². The zero-order valence-electron chi connectivity index (χ0n) is 10.0. The van der Waals surface area contributed by atoms with E-state index in [9.17, 15) is 4.79 Å². The molecule has 0 saturated carbocycles. The Bertz CT molecular complexity index is 457. The van der Waals surface area contributed by atoms with E-state index in [4.69, 9.17) is 15.2 Å². The summed E-state index contributed by atoms with van der Waals surface area (Å²) < 4.78 is 11.2. The molecule has 5 heteroatoms. The summed E-state index contributed by atoms with van der Waals surface area (Å²) in [5, 5.41) is 0. The second kappa shape index (κ2) is 4.49. The lowest BCUT2D eigenvalue weighted by molar-refractivity contribution is -0.147. The first-order valence-electron chi connectivity index (χ1n) is 6.15. The van der Waals surface area contributed by atoms with E-state index in [1.54, 1.807) is 4.90 Å². The Balaban J connectivity index is 1.64. The van der Waals surface area contributed by atoms with Gasteiger partial charge in [-0.25, -0.2) is 0 Å². The van der Waals surface area contributed by atoms with Crippen LogP contribution in [0.25, 0.3) is 0 Å². The number of hydrogen-bond acceptors (Lipinski definition) is 4. The summed E-state index contributed by atoms with van der Waals surface area (Å²) in [6.07, 6.45) is -0.529. The molecule has 1 aromatic rings. The van der Waals surface area contributed by atoms with Crippen LogP contribution in [0.4, 0.5) is 0 Å². The normalized spacial score (nSPS) is 22.5. The summed E-state index contributed by atoms with van der Waals surface area (Å²) in [7, 11) is 0. The molecule has 2 N–H and O–H groups in total.